The van der Waals surface area contributed by atoms with Gasteiger partial charge < -0.3 is 10.6 Å². The van der Waals surface area contributed by atoms with Crippen LogP contribution < -0.4 is 10.6 Å². The molecule has 0 aliphatic heterocycles. The van der Waals surface area contributed by atoms with Crippen LogP contribution in [0.3, 0.4) is 0 Å². The Morgan fingerprint density at radius 2 is 2.20 bits per heavy atom. The molecule has 0 bridgehead atoms. The monoisotopic (exact) mass is 225 g/mol. The van der Waals surface area contributed by atoms with Crippen LogP contribution in [-0.2, 0) is 13.0 Å². The highest BCUT2D eigenvalue weighted by molar-refractivity contribution is 7.15. The molecule has 1 fully saturated rings. The molecule has 1 saturated carbocycles. The van der Waals surface area contributed by atoms with E-state index >= 15 is 0 Å². The zero-order valence-corrected chi connectivity index (χ0v) is 10.3. The van der Waals surface area contributed by atoms with Crippen molar-refractivity contribution in [3.8, 4) is 0 Å². The number of anilines is 1. The molecule has 4 heteroatoms. The minimum absolute atomic E-state index is 0.628. The molecule has 84 valence electrons. The Kier molecular flexibility index (Phi) is 3.26. The van der Waals surface area contributed by atoms with Gasteiger partial charge >= 0.3 is 0 Å². The fourth-order valence-electron chi connectivity index (χ4n) is 1.86. The van der Waals surface area contributed by atoms with Crippen molar-refractivity contribution in [2.75, 3.05) is 11.4 Å². The van der Waals surface area contributed by atoms with Gasteiger partial charge in [0.1, 0.15) is 0 Å². The minimum Gasteiger partial charge on any atom is -0.345 e. The lowest BCUT2D eigenvalue weighted by atomic mass is 10.3. The van der Waals surface area contributed by atoms with E-state index in [4.69, 9.17) is 10.7 Å². The number of hydrogen-bond donors (Lipinski definition) is 1. The van der Waals surface area contributed by atoms with Gasteiger partial charge in [-0.2, -0.15) is 0 Å². The summed E-state index contributed by atoms with van der Waals surface area (Å²) in [7, 11) is 0. The number of nitrogens with zero attached hydrogens (tertiary/aromatic N) is 2. The van der Waals surface area contributed by atoms with Crippen molar-refractivity contribution in [3.05, 3.63) is 10.6 Å². The maximum Gasteiger partial charge on any atom is 0.186 e. The standard InChI is InChI=1S/C11H19N3S/c1-3-9-10(7-12)15-11(13-9)14(4-2)8-5-6-8/h8H,3-7,12H2,1-2H3. The van der Waals surface area contributed by atoms with Gasteiger partial charge in [-0.05, 0) is 26.2 Å². The Morgan fingerprint density at radius 1 is 1.47 bits per heavy atom. The molecule has 1 aliphatic rings. The first-order valence-electron chi connectivity index (χ1n) is 5.75. The molecule has 0 saturated heterocycles. The molecule has 15 heavy (non-hydrogen) atoms. The number of thiazole rings is 1. The number of aryl methyl sites for hydroxylation is 1. The summed E-state index contributed by atoms with van der Waals surface area (Å²) in [5, 5.41) is 1.18. The SMILES string of the molecule is CCc1nc(N(CC)C2CC2)sc1CN. The molecule has 0 amide bonds. The summed E-state index contributed by atoms with van der Waals surface area (Å²) in [6.07, 6.45) is 3.64. The smallest absolute Gasteiger partial charge is 0.186 e. The first-order valence-corrected chi connectivity index (χ1v) is 6.57. The average Bonchev–Trinajstić information content (AvgIpc) is 2.99. The zero-order chi connectivity index (χ0) is 10.8. The molecule has 0 spiro atoms. The molecule has 0 atom stereocenters. The van der Waals surface area contributed by atoms with Crippen LogP contribution in [0, 0.1) is 0 Å². The Labute approximate surface area is 95.3 Å². The number of nitrogens with two attached hydrogens (primary N) is 1. The second kappa shape index (κ2) is 4.49. The largest absolute Gasteiger partial charge is 0.345 e. The molecule has 1 aliphatic carbocycles. The molecule has 2 N–H and O–H groups in total. The van der Waals surface area contributed by atoms with Crippen molar-refractivity contribution < 1.29 is 0 Å². The van der Waals surface area contributed by atoms with Gasteiger partial charge in [0.25, 0.3) is 0 Å². The Morgan fingerprint density at radius 3 is 2.60 bits per heavy atom. The number of aromatic nitrogens is 1. The Bertz CT molecular complexity index is 309. The van der Waals surface area contributed by atoms with E-state index < -0.39 is 0 Å². The summed E-state index contributed by atoms with van der Waals surface area (Å²) in [6, 6.07) is 0.747. The van der Waals surface area contributed by atoms with Crippen molar-refractivity contribution in [2.45, 2.75) is 45.7 Å². The van der Waals surface area contributed by atoms with Crippen LogP contribution in [0.4, 0.5) is 5.13 Å². The molecule has 2 rings (SSSR count). The van der Waals surface area contributed by atoms with E-state index in [-0.39, 0.29) is 0 Å². The van der Waals surface area contributed by atoms with E-state index in [9.17, 15) is 0 Å². The third kappa shape index (κ3) is 2.16. The molecular formula is C11H19N3S. The predicted molar refractivity (Wildman–Crippen MR) is 65.4 cm³/mol. The van der Waals surface area contributed by atoms with Gasteiger partial charge in [0.2, 0.25) is 0 Å². The fraction of sp³-hybridized carbons (Fsp3) is 0.727. The lowest BCUT2D eigenvalue weighted by Crippen LogP contribution is -2.24. The van der Waals surface area contributed by atoms with E-state index in [2.05, 4.69) is 18.7 Å². The van der Waals surface area contributed by atoms with Crippen molar-refractivity contribution >= 4 is 16.5 Å². The number of rotatable bonds is 5. The van der Waals surface area contributed by atoms with Crippen molar-refractivity contribution in [1.29, 1.82) is 0 Å². The van der Waals surface area contributed by atoms with E-state index in [1.165, 1.54) is 28.5 Å². The first kappa shape index (κ1) is 10.9. The quantitative estimate of drug-likeness (QED) is 0.835. The topological polar surface area (TPSA) is 42.2 Å². The Balaban J connectivity index is 2.22. The average molecular weight is 225 g/mol. The van der Waals surface area contributed by atoms with Gasteiger partial charge in [-0.15, -0.1) is 11.3 Å². The lowest BCUT2D eigenvalue weighted by Gasteiger charge is -2.18. The molecule has 3 nitrogen and oxygen atoms in total. The second-order valence-corrected chi connectivity index (χ2v) is 5.00. The molecule has 1 heterocycles. The summed E-state index contributed by atoms with van der Waals surface area (Å²) in [6.45, 7) is 6.03. The van der Waals surface area contributed by atoms with Crippen molar-refractivity contribution in [3.63, 3.8) is 0 Å². The third-order valence-electron chi connectivity index (χ3n) is 2.86. The van der Waals surface area contributed by atoms with Gasteiger partial charge in [-0.25, -0.2) is 4.98 Å². The van der Waals surface area contributed by atoms with E-state index in [1.54, 1.807) is 11.3 Å². The van der Waals surface area contributed by atoms with Crippen LogP contribution in [0.1, 0.15) is 37.3 Å². The van der Waals surface area contributed by atoms with E-state index in [1.807, 2.05) is 0 Å². The summed E-state index contributed by atoms with van der Waals surface area (Å²) >= 11 is 1.77. The van der Waals surface area contributed by atoms with Gasteiger partial charge in [0, 0.05) is 24.0 Å². The highest BCUT2D eigenvalue weighted by Crippen LogP contribution is 2.35. The van der Waals surface area contributed by atoms with Crippen LogP contribution >= 0.6 is 11.3 Å². The maximum atomic E-state index is 5.72. The molecular weight excluding hydrogens is 206 g/mol. The van der Waals surface area contributed by atoms with Crippen LogP contribution in [-0.4, -0.2) is 17.6 Å². The van der Waals surface area contributed by atoms with Crippen LogP contribution in [0.25, 0.3) is 0 Å². The fourth-order valence-corrected chi connectivity index (χ4v) is 3.03. The zero-order valence-electron chi connectivity index (χ0n) is 9.49. The Hall–Kier alpha value is -0.610. The molecule has 0 aromatic carbocycles. The van der Waals surface area contributed by atoms with Gasteiger partial charge in [-0.3, -0.25) is 0 Å². The van der Waals surface area contributed by atoms with E-state index in [0.29, 0.717) is 6.54 Å². The third-order valence-corrected chi connectivity index (χ3v) is 4.02. The first-order chi connectivity index (χ1) is 7.30. The van der Waals surface area contributed by atoms with Gasteiger partial charge in [0.05, 0.1) is 5.69 Å². The summed E-state index contributed by atoms with van der Waals surface area (Å²) < 4.78 is 0. The van der Waals surface area contributed by atoms with Crippen LogP contribution in [0.5, 0.6) is 0 Å². The molecule has 0 unspecified atom stereocenters. The van der Waals surface area contributed by atoms with Gasteiger partial charge in [0.15, 0.2) is 5.13 Å². The van der Waals surface area contributed by atoms with Crippen LogP contribution in [0.2, 0.25) is 0 Å². The summed E-state index contributed by atoms with van der Waals surface area (Å²) in [4.78, 5) is 8.37. The molecule has 1 aromatic rings. The molecule has 1 aromatic heterocycles. The summed E-state index contributed by atoms with van der Waals surface area (Å²) in [5.41, 5.74) is 6.92. The second-order valence-electron chi connectivity index (χ2n) is 3.94. The maximum absolute atomic E-state index is 5.72. The van der Waals surface area contributed by atoms with Crippen molar-refractivity contribution in [1.82, 2.24) is 4.98 Å². The highest BCUT2D eigenvalue weighted by atomic mass is 32.1. The predicted octanol–water partition coefficient (Wildman–Crippen LogP) is 2.15. The molecule has 0 radical (unpaired) electrons. The normalized spacial score (nSPS) is 15.7. The van der Waals surface area contributed by atoms with E-state index in [0.717, 1.165) is 19.0 Å². The highest BCUT2D eigenvalue weighted by Gasteiger charge is 2.30. The van der Waals surface area contributed by atoms with Crippen molar-refractivity contribution in [2.24, 2.45) is 5.73 Å². The van der Waals surface area contributed by atoms with Gasteiger partial charge in [-0.1, -0.05) is 6.92 Å². The van der Waals surface area contributed by atoms with Crippen LogP contribution in [0.15, 0.2) is 0 Å². The lowest BCUT2D eigenvalue weighted by molar-refractivity contribution is 0.816. The summed E-state index contributed by atoms with van der Waals surface area (Å²) in [5.74, 6) is 0. The number of hydrogen-bond acceptors (Lipinski definition) is 4. The minimum atomic E-state index is 0.628.